The van der Waals surface area contributed by atoms with Gasteiger partial charge in [0.1, 0.15) is 5.82 Å². The molecule has 1 aliphatic heterocycles. The first-order valence-electron chi connectivity index (χ1n) is 6.87. The van der Waals surface area contributed by atoms with Crippen molar-refractivity contribution in [2.75, 3.05) is 12.8 Å². The number of nitrogens with zero attached hydrogens (tertiary/aromatic N) is 1. The van der Waals surface area contributed by atoms with Crippen LogP contribution in [0.25, 0.3) is 0 Å². The van der Waals surface area contributed by atoms with E-state index >= 15 is 0 Å². The third kappa shape index (κ3) is 3.33. The quantitative estimate of drug-likeness (QED) is 0.932. The van der Waals surface area contributed by atoms with Gasteiger partial charge in [-0.3, -0.25) is 4.79 Å². The van der Waals surface area contributed by atoms with Crippen LogP contribution < -0.4 is 5.73 Å². The summed E-state index contributed by atoms with van der Waals surface area (Å²) in [4.78, 5) is 14.4. The molecule has 110 valence electrons. The van der Waals surface area contributed by atoms with E-state index in [1.165, 1.54) is 6.07 Å². The van der Waals surface area contributed by atoms with Gasteiger partial charge in [0.05, 0.1) is 0 Å². The monoisotopic (exact) mass is 296 g/mol. The van der Waals surface area contributed by atoms with Crippen LogP contribution >= 0.6 is 11.8 Å². The summed E-state index contributed by atoms with van der Waals surface area (Å²) in [7, 11) is 0. The standard InChI is InChI=1S/C15H21FN2OS/c1-10-7-13(17)5-6-18(10)15(19)11-3-4-14(16)12(8-11)9-20-2/h3-4,8,10,13H,5-7,9,17H2,1-2H3/t10-,13-/m1/s1. The minimum Gasteiger partial charge on any atom is -0.336 e. The Kier molecular flexibility index (Phi) is 5.05. The first kappa shape index (κ1) is 15.3. The molecule has 1 amide bonds. The number of thioether (sulfide) groups is 1. The lowest BCUT2D eigenvalue weighted by Crippen LogP contribution is -2.48. The van der Waals surface area contributed by atoms with Crippen molar-refractivity contribution in [3.63, 3.8) is 0 Å². The topological polar surface area (TPSA) is 46.3 Å². The molecular weight excluding hydrogens is 275 g/mol. The van der Waals surface area contributed by atoms with Gasteiger partial charge >= 0.3 is 0 Å². The van der Waals surface area contributed by atoms with Crippen molar-refractivity contribution in [2.45, 2.75) is 37.6 Å². The van der Waals surface area contributed by atoms with E-state index in [0.29, 0.717) is 23.4 Å². The zero-order chi connectivity index (χ0) is 14.7. The molecule has 0 spiro atoms. The molecule has 1 aliphatic rings. The van der Waals surface area contributed by atoms with Crippen LogP contribution in [0.5, 0.6) is 0 Å². The van der Waals surface area contributed by atoms with E-state index in [-0.39, 0.29) is 23.8 Å². The number of halogens is 1. The van der Waals surface area contributed by atoms with Gasteiger partial charge in [-0.25, -0.2) is 4.39 Å². The molecule has 0 aliphatic carbocycles. The van der Waals surface area contributed by atoms with Gasteiger partial charge in [0.2, 0.25) is 0 Å². The fourth-order valence-corrected chi connectivity index (χ4v) is 3.18. The summed E-state index contributed by atoms with van der Waals surface area (Å²) in [5, 5.41) is 0. The Hall–Kier alpha value is -1.07. The van der Waals surface area contributed by atoms with Crippen LogP contribution in [0.4, 0.5) is 4.39 Å². The van der Waals surface area contributed by atoms with Crippen LogP contribution in [-0.4, -0.2) is 35.7 Å². The van der Waals surface area contributed by atoms with E-state index in [9.17, 15) is 9.18 Å². The Morgan fingerprint density at radius 2 is 2.30 bits per heavy atom. The molecule has 1 aromatic rings. The number of benzene rings is 1. The second kappa shape index (κ2) is 6.59. The zero-order valence-corrected chi connectivity index (χ0v) is 12.8. The minimum atomic E-state index is -0.246. The van der Waals surface area contributed by atoms with E-state index in [4.69, 9.17) is 5.73 Å². The molecule has 1 fully saturated rings. The summed E-state index contributed by atoms with van der Waals surface area (Å²) >= 11 is 1.54. The lowest BCUT2D eigenvalue weighted by molar-refractivity contribution is 0.0619. The molecule has 1 heterocycles. The fraction of sp³-hybridized carbons (Fsp3) is 0.533. The van der Waals surface area contributed by atoms with Crippen molar-refractivity contribution in [2.24, 2.45) is 5.73 Å². The lowest BCUT2D eigenvalue weighted by atomic mass is 9.98. The van der Waals surface area contributed by atoms with Gasteiger partial charge in [0.15, 0.2) is 0 Å². The normalized spacial score (nSPS) is 22.9. The maximum absolute atomic E-state index is 13.6. The van der Waals surface area contributed by atoms with Gasteiger partial charge in [-0.05, 0) is 49.8 Å². The Morgan fingerprint density at radius 3 is 2.95 bits per heavy atom. The van der Waals surface area contributed by atoms with Crippen LogP contribution in [0.3, 0.4) is 0 Å². The number of likely N-dealkylation sites (tertiary alicyclic amines) is 1. The molecule has 2 atom stereocenters. The fourth-order valence-electron chi connectivity index (χ4n) is 2.65. The molecule has 1 aromatic carbocycles. The predicted octanol–water partition coefficient (Wildman–Crippen LogP) is 2.64. The molecule has 0 unspecified atom stereocenters. The van der Waals surface area contributed by atoms with Crippen molar-refractivity contribution in [3.8, 4) is 0 Å². The van der Waals surface area contributed by atoms with Crippen LogP contribution in [0.2, 0.25) is 0 Å². The SMILES string of the molecule is CSCc1cc(C(=O)N2CC[C@@H](N)C[C@H]2C)ccc1F. The number of hydrogen-bond acceptors (Lipinski definition) is 3. The maximum Gasteiger partial charge on any atom is 0.254 e. The Balaban J connectivity index is 2.18. The molecule has 2 rings (SSSR count). The van der Waals surface area contributed by atoms with Crippen molar-refractivity contribution in [1.82, 2.24) is 4.90 Å². The molecule has 3 nitrogen and oxygen atoms in total. The van der Waals surface area contributed by atoms with Crippen LogP contribution in [0, 0.1) is 5.82 Å². The lowest BCUT2D eigenvalue weighted by Gasteiger charge is -2.36. The maximum atomic E-state index is 13.6. The Labute approximate surface area is 123 Å². The Bertz CT molecular complexity index is 495. The molecule has 20 heavy (non-hydrogen) atoms. The average Bonchev–Trinajstić information content (AvgIpc) is 2.41. The number of rotatable bonds is 3. The van der Waals surface area contributed by atoms with Crippen LogP contribution in [0.15, 0.2) is 18.2 Å². The van der Waals surface area contributed by atoms with E-state index < -0.39 is 0 Å². The minimum absolute atomic E-state index is 0.0215. The van der Waals surface area contributed by atoms with E-state index in [1.807, 2.05) is 18.1 Å². The van der Waals surface area contributed by atoms with Crippen molar-refractivity contribution >= 4 is 17.7 Å². The molecule has 2 N–H and O–H groups in total. The van der Waals surface area contributed by atoms with E-state index in [0.717, 1.165) is 12.8 Å². The number of carbonyl (C=O) groups is 1. The highest BCUT2D eigenvalue weighted by molar-refractivity contribution is 7.97. The van der Waals surface area contributed by atoms with E-state index in [1.54, 1.807) is 23.9 Å². The molecule has 1 saturated heterocycles. The van der Waals surface area contributed by atoms with Gasteiger partial charge in [0.25, 0.3) is 5.91 Å². The third-order valence-electron chi connectivity index (χ3n) is 3.77. The number of piperidine rings is 1. The van der Waals surface area contributed by atoms with Gasteiger partial charge in [-0.2, -0.15) is 11.8 Å². The van der Waals surface area contributed by atoms with Crippen molar-refractivity contribution in [1.29, 1.82) is 0 Å². The van der Waals surface area contributed by atoms with Gasteiger partial charge < -0.3 is 10.6 Å². The first-order valence-corrected chi connectivity index (χ1v) is 8.26. The van der Waals surface area contributed by atoms with E-state index in [2.05, 4.69) is 0 Å². The number of carbonyl (C=O) groups excluding carboxylic acids is 1. The van der Waals surface area contributed by atoms with Crippen LogP contribution in [0.1, 0.15) is 35.7 Å². The largest absolute Gasteiger partial charge is 0.336 e. The molecule has 0 aromatic heterocycles. The number of hydrogen-bond donors (Lipinski definition) is 1. The summed E-state index contributed by atoms with van der Waals surface area (Å²) in [6.07, 6.45) is 3.57. The molecular formula is C15H21FN2OS. The summed E-state index contributed by atoms with van der Waals surface area (Å²) in [5.41, 5.74) is 7.07. The second-order valence-corrected chi connectivity index (χ2v) is 6.24. The third-order valence-corrected chi connectivity index (χ3v) is 4.37. The molecule has 0 radical (unpaired) electrons. The summed E-state index contributed by atoms with van der Waals surface area (Å²) in [6, 6.07) is 4.95. The van der Waals surface area contributed by atoms with Crippen LogP contribution in [-0.2, 0) is 5.75 Å². The molecule has 5 heteroatoms. The van der Waals surface area contributed by atoms with Gasteiger partial charge in [-0.1, -0.05) is 0 Å². The summed E-state index contributed by atoms with van der Waals surface area (Å²) in [6.45, 7) is 2.69. The van der Waals surface area contributed by atoms with Gasteiger partial charge in [0, 0.05) is 29.9 Å². The average molecular weight is 296 g/mol. The summed E-state index contributed by atoms with van der Waals surface area (Å²) < 4.78 is 13.6. The highest BCUT2D eigenvalue weighted by Gasteiger charge is 2.27. The second-order valence-electron chi connectivity index (χ2n) is 5.37. The first-order chi connectivity index (χ1) is 9.52. The molecule has 0 bridgehead atoms. The van der Waals surface area contributed by atoms with Crippen molar-refractivity contribution in [3.05, 3.63) is 35.1 Å². The van der Waals surface area contributed by atoms with Crippen molar-refractivity contribution < 1.29 is 9.18 Å². The predicted molar refractivity (Wildman–Crippen MR) is 81.3 cm³/mol. The summed E-state index contributed by atoms with van der Waals surface area (Å²) in [5.74, 6) is 0.310. The molecule has 0 saturated carbocycles. The zero-order valence-electron chi connectivity index (χ0n) is 11.9. The Morgan fingerprint density at radius 1 is 1.55 bits per heavy atom. The number of amides is 1. The number of nitrogens with two attached hydrogens (primary N) is 1. The van der Waals surface area contributed by atoms with Gasteiger partial charge in [-0.15, -0.1) is 0 Å². The smallest absolute Gasteiger partial charge is 0.254 e. The highest BCUT2D eigenvalue weighted by atomic mass is 32.2. The highest BCUT2D eigenvalue weighted by Crippen LogP contribution is 2.21.